The van der Waals surface area contributed by atoms with Gasteiger partial charge in [-0.1, -0.05) is 6.07 Å². The van der Waals surface area contributed by atoms with E-state index in [0.717, 1.165) is 31.0 Å². The lowest BCUT2D eigenvalue weighted by molar-refractivity contribution is -0.694. The highest BCUT2D eigenvalue weighted by molar-refractivity contribution is 7.13. The largest absolute Gasteiger partial charge is 0.365 e. The Morgan fingerprint density at radius 3 is 2.48 bits per heavy atom. The Morgan fingerprint density at radius 2 is 1.84 bits per heavy atom. The molecule has 0 aliphatic carbocycles. The predicted octanol–water partition coefficient (Wildman–Crippen LogP) is 4.68. The number of pyridine rings is 1. The molecule has 0 radical (unpaired) electrons. The molecule has 25 heavy (non-hydrogen) atoms. The summed E-state index contributed by atoms with van der Waals surface area (Å²) in [6.45, 7) is 7.02. The van der Waals surface area contributed by atoms with Crippen LogP contribution in [0.4, 0.5) is 16.5 Å². The standard InChI is InChI=1S/C19H22N5S/c1-3-24(14-13-23-11-5-4-6-12-23)18-9-7-17(8-10-18)21-22-19-20-16(2)15-25-19/h4-12,15H,3,13-14H2,1-2H3/q+1. The van der Waals surface area contributed by atoms with E-state index in [2.05, 4.69) is 68.3 Å². The molecule has 3 aromatic rings. The lowest BCUT2D eigenvalue weighted by Gasteiger charge is -2.21. The van der Waals surface area contributed by atoms with Crippen molar-refractivity contribution >= 4 is 27.8 Å². The number of rotatable bonds is 7. The Bertz CT molecular complexity index is 811. The Hall–Kier alpha value is -2.60. The molecular formula is C19H22N5S+. The molecule has 1 aromatic carbocycles. The molecule has 0 fully saturated rings. The van der Waals surface area contributed by atoms with Gasteiger partial charge >= 0.3 is 0 Å². The van der Waals surface area contributed by atoms with Crippen molar-refractivity contribution in [2.75, 3.05) is 18.0 Å². The van der Waals surface area contributed by atoms with Crippen LogP contribution in [0.5, 0.6) is 0 Å². The van der Waals surface area contributed by atoms with Gasteiger partial charge in [0.05, 0.1) is 17.9 Å². The summed E-state index contributed by atoms with van der Waals surface area (Å²) in [4.78, 5) is 6.64. The van der Waals surface area contributed by atoms with Crippen LogP contribution in [0.15, 0.2) is 70.5 Å². The summed E-state index contributed by atoms with van der Waals surface area (Å²) in [5, 5.41) is 11.1. The maximum absolute atomic E-state index is 4.29. The number of thiazole rings is 1. The maximum Gasteiger partial charge on any atom is 0.230 e. The fourth-order valence-electron chi connectivity index (χ4n) is 2.51. The smallest absolute Gasteiger partial charge is 0.230 e. The first-order valence-corrected chi connectivity index (χ1v) is 9.25. The van der Waals surface area contributed by atoms with Gasteiger partial charge in [0.1, 0.15) is 0 Å². The highest BCUT2D eigenvalue weighted by atomic mass is 32.1. The van der Waals surface area contributed by atoms with Gasteiger partial charge in [-0.15, -0.1) is 21.6 Å². The molecule has 0 aliphatic rings. The third-order valence-corrected chi connectivity index (χ3v) is 4.70. The van der Waals surface area contributed by atoms with E-state index in [9.17, 15) is 0 Å². The van der Waals surface area contributed by atoms with Crippen LogP contribution in [0.2, 0.25) is 0 Å². The van der Waals surface area contributed by atoms with Crippen molar-refractivity contribution in [2.45, 2.75) is 20.4 Å². The molecule has 0 amide bonds. The molecule has 0 aliphatic heterocycles. The Balaban J connectivity index is 1.62. The summed E-state index contributed by atoms with van der Waals surface area (Å²) in [6.07, 6.45) is 4.19. The minimum absolute atomic E-state index is 0.691. The Labute approximate surface area is 152 Å². The van der Waals surface area contributed by atoms with Gasteiger partial charge < -0.3 is 4.90 Å². The van der Waals surface area contributed by atoms with Gasteiger partial charge in [-0.25, -0.2) is 9.55 Å². The lowest BCUT2D eigenvalue weighted by atomic mass is 10.2. The van der Waals surface area contributed by atoms with Crippen molar-refractivity contribution in [2.24, 2.45) is 10.2 Å². The van der Waals surface area contributed by atoms with Gasteiger partial charge in [-0.05, 0) is 38.1 Å². The van der Waals surface area contributed by atoms with Crippen LogP contribution in [0, 0.1) is 6.92 Å². The molecule has 2 heterocycles. The molecule has 2 aromatic heterocycles. The second-order valence-corrected chi connectivity index (χ2v) is 6.52. The SMILES string of the molecule is CCN(CC[n+]1ccccc1)c1ccc(N=Nc2nc(C)cs2)cc1. The van der Waals surface area contributed by atoms with E-state index < -0.39 is 0 Å². The van der Waals surface area contributed by atoms with E-state index in [1.54, 1.807) is 0 Å². The molecule has 0 N–H and O–H groups in total. The van der Waals surface area contributed by atoms with E-state index >= 15 is 0 Å². The van der Waals surface area contributed by atoms with Crippen LogP contribution >= 0.6 is 11.3 Å². The van der Waals surface area contributed by atoms with Crippen LogP contribution < -0.4 is 9.47 Å². The number of likely N-dealkylation sites (N-methyl/N-ethyl adjacent to an activating group) is 1. The second-order valence-electron chi connectivity index (χ2n) is 5.68. The summed E-state index contributed by atoms with van der Waals surface area (Å²) >= 11 is 1.50. The van der Waals surface area contributed by atoms with Crippen LogP contribution in [-0.2, 0) is 6.54 Å². The average Bonchev–Trinajstić information content (AvgIpc) is 3.08. The molecule has 0 saturated carbocycles. The van der Waals surface area contributed by atoms with Crippen LogP contribution in [0.25, 0.3) is 0 Å². The summed E-state index contributed by atoms with van der Waals surface area (Å²) in [5.41, 5.74) is 3.01. The first kappa shape index (κ1) is 17.2. The van der Waals surface area contributed by atoms with Crippen molar-refractivity contribution in [3.63, 3.8) is 0 Å². The zero-order valence-electron chi connectivity index (χ0n) is 14.5. The van der Waals surface area contributed by atoms with Gasteiger partial charge in [-0.2, -0.15) is 0 Å². The minimum Gasteiger partial charge on any atom is -0.365 e. The number of hydrogen-bond acceptors (Lipinski definition) is 5. The van der Waals surface area contributed by atoms with E-state index in [4.69, 9.17) is 0 Å². The quantitative estimate of drug-likeness (QED) is 0.458. The molecule has 0 atom stereocenters. The fourth-order valence-corrected chi connectivity index (χ4v) is 3.12. The molecule has 0 bridgehead atoms. The normalized spacial score (nSPS) is 11.1. The van der Waals surface area contributed by atoms with Crippen molar-refractivity contribution < 1.29 is 4.57 Å². The molecular weight excluding hydrogens is 330 g/mol. The number of anilines is 1. The van der Waals surface area contributed by atoms with Crippen molar-refractivity contribution in [1.82, 2.24) is 4.98 Å². The zero-order valence-corrected chi connectivity index (χ0v) is 15.4. The lowest BCUT2D eigenvalue weighted by Crippen LogP contribution is -2.40. The van der Waals surface area contributed by atoms with E-state index in [1.807, 2.05) is 30.5 Å². The van der Waals surface area contributed by atoms with E-state index in [0.29, 0.717) is 5.13 Å². The average molecular weight is 352 g/mol. The van der Waals surface area contributed by atoms with Crippen molar-refractivity contribution in [3.05, 3.63) is 65.9 Å². The number of nitrogens with zero attached hydrogens (tertiary/aromatic N) is 5. The summed E-state index contributed by atoms with van der Waals surface area (Å²) in [7, 11) is 0. The summed E-state index contributed by atoms with van der Waals surface area (Å²) in [5.74, 6) is 0. The predicted molar refractivity (Wildman–Crippen MR) is 102 cm³/mol. The third-order valence-electron chi connectivity index (χ3n) is 3.86. The zero-order chi connectivity index (χ0) is 17.5. The molecule has 6 heteroatoms. The van der Waals surface area contributed by atoms with Gasteiger partial charge in [0.25, 0.3) is 0 Å². The van der Waals surface area contributed by atoms with Gasteiger partial charge in [0.15, 0.2) is 18.9 Å². The van der Waals surface area contributed by atoms with Crippen LogP contribution in [0.3, 0.4) is 0 Å². The molecule has 128 valence electrons. The Morgan fingerprint density at radius 1 is 1.08 bits per heavy atom. The molecule has 0 spiro atoms. The van der Waals surface area contributed by atoms with Gasteiger partial charge in [0, 0.05) is 29.7 Å². The molecule has 3 rings (SSSR count). The van der Waals surface area contributed by atoms with Crippen LogP contribution in [-0.4, -0.2) is 18.1 Å². The molecule has 0 unspecified atom stereocenters. The first-order chi connectivity index (χ1) is 12.2. The van der Waals surface area contributed by atoms with E-state index in [-0.39, 0.29) is 0 Å². The van der Waals surface area contributed by atoms with Gasteiger partial charge in [0.2, 0.25) is 5.13 Å². The first-order valence-electron chi connectivity index (χ1n) is 8.37. The Kier molecular flexibility index (Phi) is 5.85. The maximum atomic E-state index is 4.29. The number of hydrogen-bond donors (Lipinski definition) is 0. The number of azo groups is 1. The fraction of sp³-hybridized carbons (Fsp3) is 0.263. The molecule has 5 nitrogen and oxygen atoms in total. The summed E-state index contributed by atoms with van der Waals surface area (Å²) in [6, 6.07) is 14.3. The number of aromatic nitrogens is 2. The van der Waals surface area contributed by atoms with Gasteiger partial charge in [-0.3, -0.25) is 0 Å². The summed E-state index contributed by atoms with van der Waals surface area (Å²) < 4.78 is 2.20. The molecule has 0 saturated heterocycles. The van der Waals surface area contributed by atoms with Crippen molar-refractivity contribution in [3.8, 4) is 0 Å². The topological polar surface area (TPSA) is 44.7 Å². The number of aryl methyl sites for hydroxylation is 1. The third kappa shape index (κ3) is 4.93. The van der Waals surface area contributed by atoms with E-state index in [1.165, 1.54) is 17.0 Å². The minimum atomic E-state index is 0.691. The number of benzene rings is 1. The van der Waals surface area contributed by atoms with Crippen molar-refractivity contribution in [1.29, 1.82) is 0 Å². The highest BCUT2D eigenvalue weighted by Crippen LogP contribution is 2.24. The highest BCUT2D eigenvalue weighted by Gasteiger charge is 2.07. The van der Waals surface area contributed by atoms with Crippen LogP contribution in [0.1, 0.15) is 12.6 Å². The monoisotopic (exact) mass is 352 g/mol. The second kappa shape index (κ2) is 8.48.